The molecule has 0 heterocycles. The van der Waals surface area contributed by atoms with E-state index in [0.717, 1.165) is 4.47 Å². The van der Waals surface area contributed by atoms with E-state index in [0.29, 0.717) is 15.9 Å². The standard InChI is InChI=1S/C13H10Br2N2O3/c1-16-10-3-2-4-12(13(10)17(18)19)20-11-6-5-8(14)7-9(11)15/h2-7,16H,1H3. The molecule has 0 spiro atoms. The topological polar surface area (TPSA) is 64.4 Å². The number of para-hydroxylation sites is 1. The highest BCUT2D eigenvalue weighted by Gasteiger charge is 2.21. The Hall–Kier alpha value is -1.60. The lowest BCUT2D eigenvalue weighted by Crippen LogP contribution is -1.99. The summed E-state index contributed by atoms with van der Waals surface area (Å²) in [4.78, 5) is 10.7. The van der Waals surface area contributed by atoms with Crippen molar-refractivity contribution in [2.24, 2.45) is 0 Å². The number of halogens is 2. The van der Waals surface area contributed by atoms with E-state index in [2.05, 4.69) is 37.2 Å². The number of nitrogens with one attached hydrogen (secondary N) is 1. The van der Waals surface area contributed by atoms with Gasteiger partial charge in [0.05, 0.1) is 9.40 Å². The van der Waals surface area contributed by atoms with Crippen LogP contribution in [0.5, 0.6) is 11.5 Å². The molecule has 2 aromatic rings. The first-order valence-corrected chi connectivity index (χ1v) is 7.19. The van der Waals surface area contributed by atoms with Crippen molar-refractivity contribution in [1.29, 1.82) is 0 Å². The maximum Gasteiger partial charge on any atom is 0.334 e. The van der Waals surface area contributed by atoms with Gasteiger partial charge in [-0.05, 0) is 46.3 Å². The lowest BCUT2D eigenvalue weighted by atomic mass is 10.2. The fraction of sp³-hybridized carbons (Fsp3) is 0.0769. The fourth-order valence-corrected chi connectivity index (χ4v) is 2.80. The lowest BCUT2D eigenvalue weighted by Gasteiger charge is -2.10. The minimum Gasteiger partial charge on any atom is -0.449 e. The number of nitro groups is 1. The van der Waals surface area contributed by atoms with Crippen molar-refractivity contribution >= 4 is 43.2 Å². The molecule has 0 bridgehead atoms. The Bertz CT molecular complexity index is 662. The van der Waals surface area contributed by atoms with Gasteiger partial charge < -0.3 is 10.1 Å². The van der Waals surface area contributed by atoms with Crippen LogP contribution in [0.1, 0.15) is 0 Å². The quantitative estimate of drug-likeness (QED) is 0.581. The van der Waals surface area contributed by atoms with Crippen LogP contribution < -0.4 is 10.1 Å². The third-order valence-corrected chi connectivity index (χ3v) is 3.68. The number of nitrogens with zero attached hydrogens (tertiary/aromatic N) is 1. The number of benzene rings is 2. The molecule has 0 aliphatic rings. The van der Waals surface area contributed by atoms with Gasteiger partial charge in [-0.2, -0.15) is 0 Å². The highest BCUT2D eigenvalue weighted by Crippen LogP contribution is 2.39. The summed E-state index contributed by atoms with van der Waals surface area (Å²) in [5.41, 5.74) is 0.311. The minimum absolute atomic E-state index is 0.0928. The normalized spacial score (nSPS) is 10.2. The molecule has 0 amide bonds. The van der Waals surface area contributed by atoms with Crippen molar-refractivity contribution in [3.63, 3.8) is 0 Å². The molecule has 1 N–H and O–H groups in total. The van der Waals surface area contributed by atoms with Crippen LogP contribution >= 0.6 is 31.9 Å². The molecule has 5 nitrogen and oxygen atoms in total. The number of anilines is 1. The Kier molecular flexibility index (Phi) is 4.61. The van der Waals surface area contributed by atoms with E-state index in [4.69, 9.17) is 4.74 Å². The molecule has 0 radical (unpaired) electrons. The van der Waals surface area contributed by atoms with E-state index in [1.165, 1.54) is 0 Å². The molecular formula is C13H10Br2N2O3. The van der Waals surface area contributed by atoms with E-state index < -0.39 is 4.92 Å². The van der Waals surface area contributed by atoms with E-state index in [9.17, 15) is 10.1 Å². The number of nitro benzene ring substituents is 1. The van der Waals surface area contributed by atoms with Crippen molar-refractivity contribution in [3.05, 3.63) is 55.5 Å². The van der Waals surface area contributed by atoms with Crippen molar-refractivity contribution in [2.75, 3.05) is 12.4 Å². The molecule has 2 rings (SSSR count). The van der Waals surface area contributed by atoms with Gasteiger partial charge in [-0.1, -0.05) is 22.0 Å². The van der Waals surface area contributed by atoms with E-state index in [-0.39, 0.29) is 11.4 Å². The zero-order valence-corrected chi connectivity index (χ0v) is 13.6. The maximum absolute atomic E-state index is 11.2. The second-order valence-corrected chi connectivity index (χ2v) is 5.61. The Labute approximate surface area is 132 Å². The van der Waals surface area contributed by atoms with Gasteiger partial charge in [-0.25, -0.2) is 0 Å². The van der Waals surface area contributed by atoms with Gasteiger partial charge in [0.15, 0.2) is 0 Å². The van der Waals surface area contributed by atoms with Gasteiger partial charge in [0.2, 0.25) is 5.75 Å². The van der Waals surface area contributed by atoms with Crippen molar-refractivity contribution in [1.82, 2.24) is 0 Å². The smallest absolute Gasteiger partial charge is 0.334 e. The number of hydrogen-bond acceptors (Lipinski definition) is 4. The summed E-state index contributed by atoms with van der Waals surface area (Å²) >= 11 is 6.70. The fourth-order valence-electron chi connectivity index (χ4n) is 1.67. The summed E-state index contributed by atoms with van der Waals surface area (Å²) in [6, 6.07) is 10.2. The summed E-state index contributed by atoms with van der Waals surface area (Å²) in [5.74, 6) is 0.689. The molecule has 0 aliphatic heterocycles. The van der Waals surface area contributed by atoms with Crippen LogP contribution in [-0.4, -0.2) is 12.0 Å². The molecular weight excluding hydrogens is 392 g/mol. The van der Waals surface area contributed by atoms with Crippen LogP contribution in [0.15, 0.2) is 45.3 Å². The van der Waals surface area contributed by atoms with Gasteiger partial charge in [-0.15, -0.1) is 0 Å². The summed E-state index contributed by atoms with van der Waals surface area (Å²) in [6.45, 7) is 0. The summed E-state index contributed by atoms with van der Waals surface area (Å²) in [6.07, 6.45) is 0. The molecule has 0 saturated heterocycles. The van der Waals surface area contributed by atoms with Gasteiger partial charge in [0.1, 0.15) is 11.4 Å². The van der Waals surface area contributed by atoms with Crippen LogP contribution in [0.2, 0.25) is 0 Å². The highest BCUT2D eigenvalue weighted by atomic mass is 79.9. The zero-order valence-electron chi connectivity index (χ0n) is 10.4. The zero-order chi connectivity index (χ0) is 14.7. The van der Waals surface area contributed by atoms with Gasteiger partial charge in [0, 0.05) is 11.5 Å². The third-order valence-electron chi connectivity index (χ3n) is 2.56. The largest absolute Gasteiger partial charge is 0.449 e. The van der Waals surface area contributed by atoms with Crippen molar-refractivity contribution < 1.29 is 9.66 Å². The average molecular weight is 402 g/mol. The van der Waals surface area contributed by atoms with E-state index in [1.807, 2.05) is 6.07 Å². The van der Waals surface area contributed by atoms with Gasteiger partial charge in [-0.3, -0.25) is 10.1 Å². The third kappa shape index (κ3) is 3.10. The van der Waals surface area contributed by atoms with E-state index in [1.54, 1.807) is 37.4 Å². The van der Waals surface area contributed by atoms with Crippen LogP contribution in [-0.2, 0) is 0 Å². The van der Waals surface area contributed by atoms with Crippen LogP contribution in [0.25, 0.3) is 0 Å². The van der Waals surface area contributed by atoms with Crippen LogP contribution in [0.3, 0.4) is 0 Å². The first kappa shape index (κ1) is 14.8. The minimum atomic E-state index is -0.464. The maximum atomic E-state index is 11.2. The highest BCUT2D eigenvalue weighted by molar-refractivity contribution is 9.11. The molecule has 0 saturated carbocycles. The SMILES string of the molecule is CNc1cccc(Oc2ccc(Br)cc2Br)c1[N+](=O)[O-]. The first-order chi connectivity index (χ1) is 9.52. The summed E-state index contributed by atoms with van der Waals surface area (Å²) in [5, 5.41) is 14.0. The van der Waals surface area contributed by atoms with Crippen molar-refractivity contribution in [3.8, 4) is 11.5 Å². The van der Waals surface area contributed by atoms with Crippen LogP contribution in [0, 0.1) is 10.1 Å². The average Bonchev–Trinajstić information content (AvgIpc) is 2.41. The van der Waals surface area contributed by atoms with Gasteiger partial charge in [0.25, 0.3) is 0 Å². The Balaban J connectivity index is 2.45. The molecule has 2 aromatic carbocycles. The number of hydrogen-bond donors (Lipinski definition) is 1. The first-order valence-electron chi connectivity index (χ1n) is 5.61. The molecule has 0 aromatic heterocycles. The lowest BCUT2D eigenvalue weighted by molar-refractivity contribution is -0.384. The summed E-state index contributed by atoms with van der Waals surface area (Å²) in [7, 11) is 1.63. The molecule has 20 heavy (non-hydrogen) atoms. The molecule has 0 unspecified atom stereocenters. The summed E-state index contributed by atoms with van der Waals surface area (Å²) < 4.78 is 7.24. The molecule has 0 fully saturated rings. The Morgan fingerprint density at radius 3 is 2.55 bits per heavy atom. The second kappa shape index (κ2) is 6.23. The number of rotatable bonds is 4. The molecule has 0 atom stereocenters. The molecule has 7 heteroatoms. The van der Waals surface area contributed by atoms with Crippen LogP contribution in [0.4, 0.5) is 11.4 Å². The van der Waals surface area contributed by atoms with E-state index >= 15 is 0 Å². The Morgan fingerprint density at radius 1 is 1.20 bits per heavy atom. The predicted octanol–water partition coefficient (Wildman–Crippen LogP) is 4.95. The molecule has 0 aliphatic carbocycles. The number of ether oxygens (including phenoxy) is 1. The monoisotopic (exact) mass is 400 g/mol. The molecule has 104 valence electrons. The van der Waals surface area contributed by atoms with Gasteiger partial charge >= 0.3 is 5.69 Å². The Morgan fingerprint density at radius 2 is 1.95 bits per heavy atom. The predicted molar refractivity (Wildman–Crippen MR) is 84.6 cm³/mol. The van der Waals surface area contributed by atoms with Crippen molar-refractivity contribution in [2.45, 2.75) is 0 Å². The second-order valence-electron chi connectivity index (χ2n) is 3.84.